The van der Waals surface area contributed by atoms with Crippen LogP contribution in [0.5, 0.6) is 0 Å². The molecule has 4 N–H and O–H groups in total. The molecular formula is C13H16ClN3O2. The van der Waals surface area contributed by atoms with Crippen LogP contribution in [0.2, 0.25) is 5.02 Å². The van der Waals surface area contributed by atoms with E-state index in [-0.39, 0.29) is 17.7 Å². The van der Waals surface area contributed by atoms with Crippen molar-refractivity contribution < 1.29 is 10.0 Å². The van der Waals surface area contributed by atoms with Gasteiger partial charge in [-0.05, 0) is 43.4 Å². The van der Waals surface area contributed by atoms with Crippen LogP contribution in [0, 0.1) is 12.8 Å². The van der Waals surface area contributed by atoms with Gasteiger partial charge in [0.15, 0.2) is 5.84 Å². The minimum absolute atomic E-state index is 0.0375. The van der Waals surface area contributed by atoms with Crippen molar-refractivity contribution in [1.29, 1.82) is 0 Å². The smallest absolute Gasteiger partial charge is 0.252 e. The first-order chi connectivity index (χ1) is 9.02. The van der Waals surface area contributed by atoms with Gasteiger partial charge in [-0.1, -0.05) is 22.8 Å². The number of carbonyl (C=O) groups excluding carboxylic acids is 1. The number of aryl methyl sites for hydroxylation is 1. The van der Waals surface area contributed by atoms with E-state index in [1.165, 1.54) is 0 Å². The van der Waals surface area contributed by atoms with Gasteiger partial charge in [-0.25, -0.2) is 0 Å². The average molecular weight is 282 g/mol. The Bertz CT molecular complexity index is 527. The molecule has 1 amide bonds. The molecule has 0 bridgehead atoms. The molecule has 1 aliphatic rings. The van der Waals surface area contributed by atoms with Crippen molar-refractivity contribution >= 4 is 23.3 Å². The summed E-state index contributed by atoms with van der Waals surface area (Å²) in [4.78, 5) is 12.2. The van der Waals surface area contributed by atoms with Crippen LogP contribution in [0.3, 0.4) is 0 Å². The summed E-state index contributed by atoms with van der Waals surface area (Å²) in [5, 5.41) is 15.0. The van der Waals surface area contributed by atoms with E-state index in [0.29, 0.717) is 10.6 Å². The molecule has 102 valence electrons. The number of carbonyl (C=O) groups is 1. The molecular weight excluding hydrogens is 266 g/mol. The van der Waals surface area contributed by atoms with Gasteiger partial charge in [0.05, 0.1) is 6.04 Å². The number of nitrogens with zero attached hydrogens (tertiary/aromatic N) is 1. The molecule has 1 aliphatic carbocycles. The van der Waals surface area contributed by atoms with Crippen molar-refractivity contribution in [1.82, 2.24) is 5.32 Å². The van der Waals surface area contributed by atoms with Gasteiger partial charge in [-0.3, -0.25) is 4.79 Å². The monoisotopic (exact) mass is 281 g/mol. The Morgan fingerprint density at radius 1 is 1.58 bits per heavy atom. The van der Waals surface area contributed by atoms with E-state index in [1.807, 2.05) is 6.92 Å². The fourth-order valence-electron chi connectivity index (χ4n) is 1.98. The van der Waals surface area contributed by atoms with E-state index in [1.54, 1.807) is 18.2 Å². The number of oxime groups is 1. The van der Waals surface area contributed by atoms with Crippen LogP contribution in [-0.2, 0) is 0 Å². The zero-order valence-corrected chi connectivity index (χ0v) is 11.3. The summed E-state index contributed by atoms with van der Waals surface area (Å²) in [5.74, 6) is 0.0263. The number of nitrogens with one attached hydrogen (secondary N) is 1. The van der Waals surface area contributed by atoms with Gasteiger partial charge in [0.2, 0.25) is 0 Å². The molecule has 0 heterocycles. The van der Waals surface area contributed by atoms with Gasteiger partial charge in [-0.2, -0.15) is 0 Å². The molecule has 0 aliphatic heterocycles. The zero-order valence-electron chi connectivity index (χ0n) is 10.6. The minimum atomic E-state index is -0.420. The third-order valence-electron chi connectivity index (χ3n) is 3.26. The first kappa shape index (κ1) is 13.7. The third kappa shape index (κ3) is 3.17. The highest BCUT2D eigenvalue weighted by molar-refractivity contribution is 6.31. The summed E-state index contributed by atoms with van der Waals surface area (Å²) in [7, 11) is 0. The van der Waals surface area contributed by atoms with E-state index in [0.717, 1.165) is 18.4 Å². The van der Waals surface area contributed by atoms with Gasteiger partial charge in [-0.15, -0.1) is 0 Å². The van der Waals surface area contributed by atoms with Crippen molar-refractivity contribution in [2.75, 3.05) is 0 Å². The lowest BCUT2D eigenvalue weighted by Crippen LogP contribution is -2.46. The summed E-state index contributed by atoms with van der Waals surface area (Å²) in [6.45, 7) is 1.83. The molecule has 1 aromatic carbocycles. The Balaban J connectivity index is 2.17. The van der Waals surface area contributed by atoms with E-state index in [9.17, 15) is 4.79 Å². The summed E-state index contributed by atoms with van der Waals surface area (Å²) in [6.07, 6.45) is 1.94. The number of hydrogen-bond donors (Lipinski definition) is 3. The van der Waals surface area contributed by atoms with E-state index in [4.69, 9.17) is 22.5 Å². The van der Waals surface area contributed by atoms with Crippen molar-refractivity contribution in [2.45, 2.75) is 25.8 Å². The Hall–Kier alpha value is -1.75. The Morgan fingerprint density at radius 2 is 2.26 bits per heavy atom. The topological polar surface area (TPSA) is 87.7 Å². The van der Waals surface area contributed by atoms with E-state index in [2.05, 4.69) is 10.5 Å². The van der Waals surface area contributed by atoms with Crippen molar-refractivity contribution in [3.05, 3.63) is 34.3 Å². The van der Waals surface area contributed by atoms with Crippen LogP contribution in [0.25, 0.3) is 0 Å². The Kier molecular flexibility index (Phi) is 3.95. The van der Waals surface area contributed by atoms with Gasteiger partial charge in [0.25, 0.3) is 5.91 Å². The lowest BCUT2D eigenvalue weighted by molar-refractivity contribution is 0.0942. The molecule has 1 aromatic rings. The molecule has 0 radical (unpaired) electrons. The zero-order chi connectivity index (χ0) is 14.0. The highest BCUT2D eigenvalue weighted by atomic mass is 35.5. The molecule has 0 spiro atoms. The maximum absolute atomic E-state index is 12.2. The standard InChI is InChI=1S/C13H16ClN3O2/c1-7-2-5-9(14)6-10(7)13(18)16-11(8-3-4-8)12(15)17-19/h2,5-6,8,11,19H,3-4H2,1H3,(H2,15,17)(H,16,18). The number of nitrogens with two attached hydrogens (primary N) is 1. The van der Waals surface area contributed by atoms with Gasteiger partial charge in [0.1, 0.15) is 0 Å². The van der Waals surface area contributed by atoms with E-state index >= 15 is 0 Å². The molecule has 1 fully saturated rings. The number of amides is 1. The summed E-state index contributed by atoms with van der Waals surface area (Å²) in [6, 6.07) is 4.71. The molecule has 1 atom stereocenters. The molecule has 5 nitrogen and oxygen atoms in total. The van der Waals surface area contributed by atoms with Gasteiger partial charge >= 0.3 is 0 Å². The van der Waals surface area contributed by atoms with Crippen LogP contribution in [0.4, 0.5) is 0 Å². The van der Waals surface area contributed by atoms with Crippen LogP contribution in [0.15, 0.2) is 23.4 Å². The maximum atomic E-state index is 12.2. The van der Waals surface area contributed by atoms with Crippen LogP contribution < -0.4 is 11.1 Å². The molecule has 1 saturated carbocycles. The fourth-order valence-corrected chi connectivity index (χ4v) is 2.15. The predicted octanol–water partition coefficient (Wildman–Crippen LogP) is 1.90. The molecule has 6 heteroatoms. The summed E-state index contributed by atoms with van der Waals surface area (Å²) in [5.41, 5.74) is 6.94. The average Bonchev–Trinajstić information content (AvgIpc) is 3.22. The summed E-state index contributed by atoms with van der Waals surface area (Å²) >= 11 is 5.89. The molecule has 0 aromatic heterocycles. The van der Waals surface area contributed by atoms with Crippen LogP contribution in [-0.4, -0.2) is 23.0 Å². The van der Waals surface area contributed by atoms with Crippen LogP contribution >= 0.6 is 11.6 Å². The second-order valence-corrected chi connectivity index (χ2v) is 5.21. The maximum Gasteiger partial charge on any atom is 0.252 e. The second-order valence-electron chi connectivity index (χ2n) is 4.77. The first-order valence-electron chi connectivity index (χ1n) is 6.07. The lowest BCUT2D eigenvalue weighted by atomic mass is 10.1. The molecule has 19 heavy (non-hydrogen) atoms. The third-order valence-corrected chi connectivity index (χ3v) is 3.49. The normalized spacial score (nSPS) is 17.1. The molecule has 2 rings (SSSR count). The van der Waals surface area contributed by atoms with Crippen molar-refractivity contribution in [3.8, 4) is 0 Å². The molecule has 0 saturated heterocycles. The minimum Gasteiger partial charge on any atom is -0.409 e. The van der Waals surface area contributed by atoms with Gasteiger partial charge < -0.3 is 16.3 Å². The Morgan fingerprint density at radius 3 is 2.84 bits per heavy atom. The van der Waals surface area contributed by atoms with Crippen molar-refractivity contribution in [3.63, 3.8) is 0 Å². The number of benzene rings is 1. The number of halogens is 1. The number of rotatable bonds is 4. The van der Waals surface area contributed by atoms with Crippen molar-refractivity contribution in [2.24, 2.45) is 16.8 Å². The number of amidine groups is 1. The Labute approximate surface area is 116 Å². The first-order valence-corrected chi connectivity index (χ1v) is 6.45. The summed E-state index contributed by atoms with van der Waals surface area (Å²) < 4.78 is 0. The largest absolute Gasteiger partial charge is 0.409 e. The number of hydrogen-bond acceptors (Lipinski definition) is 3. The SMILES string of the molecule is Cc1ccc(Cl)cc1C(=O)NC(/C(N)=N/O)C1CC1. The quantitative estimate of drug-likeness (QED) is 0.341. The van der Waals surface area contributed by atoms with Gasteiger partial charge in [0, 0.05) is 10.6 Å². The lowest BCUT2D eigenvalue weighted by Gasteiger charge is -2.17. The highest BCUT2D eigenvalue weighted by Gasteiger charge is 2.35. The van der Waals surface area contributed by atoms with Crippen LogP contribution in [0.1, 0.15) is 28.8 Å². The highest BCUT2D eigenvalue weighted by Crippen LogP contribution is 2.33. The predicted molar refractivity (Wildman–Crippen MR) is 73.6 cm³/mol. The molecule has 1 unspecified atom stereocenters. The van der Waals surface area contributed by atoms with E-state index < -0.39 is 6.04 Å². The fraction of sp³-hybridized carbons (Fsp3) is 0.385. The second kappa shape index (κ2) is 5.48.